The monoisotopic (exact) mass is 593 g/mol. The Morgan fingerprint density at radius 3 is 2.49 bits per heavy atom. The van der Waals surface area contributed by atoms with Crippen molar-refractivity contribution in [2.45, 2.75) is 89.6 Å². The van der Waals surface area contributed by atoms with E-state index in [4.69, 9.17) is 8.85 Å². The van der Waals surface area contributed by atoms with Crippen LogP contribution >= 0.6 is 0 Å². The Hall–Kier alpha value is -2.13. The summed E-state index contributed by atoms with van der Waals surface area (Å²) < 4.78 is 38.0. The molecule has 1 aliphatic rings. The van der Waals surface area contributed by atoms with Gasteiger partial charge in [0.15, 0.2) is 35.2 Å². The number of aromatic nitrogens is 2. The standard InChI is InChI=1S/C27H43N3O6SSi2/c1-18-15-20(8-10-23(18)37(4,33)34)22(17-19-7-9-21(31)16-19)25(32)28-24-11-13-30(29-24)14-12-27(2,3)26(35-38-5)36-39-6/h8,10-11,13,15,19,22,26H,7,9,12,14,16-17,38-39H2,1-6H3,(H,28,29,32)/t19-,22+/m0/s1. The van der Waals surface area contributed by atoms with Crippen molar-refractivity contribution in [3.05, 3.63) is 41.6 Å². The highest BCUT2D eigenvalue weighted by molar-refractivity contribution is 7.90. The first-order chi connectivity index (χ1) is 18.3. The third-order valence-electron chi connectivity index (χ3n) is 7.39. The van der Waals surface area contributed by atoms with Gasteiger partial charge >= 0.3 is 0 Å². The summed E-state index contributed by atoms with van der Waals surface area (Å²) in [7, 11) is -4.56. The van der Waals surface area contributed by atoms with Crippen LogP contribution in [0.15, 0.2) is 35.4 Å². The fourth-order valence-electron chi connectivity index (χ4n) is 5.21. The highest BCUT2D eigenvalue weighted by Crippen LogP contribution is 2.35. The van der Waals surface area contributed by atoms with Gasteiger partial charge in [0.25, 0.3) is 0 Å². The first-order valence-electron chi connectivity index (χ1n) is 13.7. The van der Waals surface area contributed by atoms with Gasteiger partial charge in [-0.3, -0.25) is 14.3 Å². The number of benzene rings is 1. The number of carbonyl (C=O) groups is 2. The molecule has 3 rings (SSSR count). The zero-order valence-corrected chi connectivity index (χ0v) is 27.7. The summed E-state index contributed by atoms with van der Waals surface area (Å²) in [4.78, 5) is 25.7. The maximum atomic E-state index is 13.5. The van der Waals surface area contributed by atoms with E-state index in [1.54, 1.807) is 31.2 Å². The lowest BCUT2D eigenvalue weighted by molar-refractivity contribution is -0.119. The largest absolute Gasteiger partial charge is 0.400 e. The minimum Gasteiger partial charge on any atom is -0.400 e. The predicted octanol–water partition coefficient (Wildman–Crippen LogP) is 3.12. The van der Waals surface area contributed by atoms with E-state index in [0.29, 0.717) is 37.2 Å². The van der Waals surface area contributed by atoms with Gasteiger partial charge in [0.1, 0.15) is 12.1 Å². The molecule has 0 unspecified atom stereocenters. The van der Waals surface area contributed by atoms with Crippen molar-refractivity contribution in [1.29, 1.82) is 0 Å². The van der Waals surface area contributed by atoms with E-state index in [-0.39, 0.29) is 34.2 Å². The van der Waals surface area contributed by atoms with E-state index >= 15 is 0 Å². The van der Waals surface area contributed by atoms with Crippen LogP contribution in [0.2, 0.25) is 13.1 Å². The molecular formula is C27H43N3O6SSi2. The lowest BCUT2D eigenvalue weighted by atomic mass is 9.86. The Morgan fingerprint density at radius 2 is 1.92 bits per heavy atom. The number of amides is 1. The molecule has 2 aromatic rings. The van der Waals surface area contributed by atoms with Crippen molar-refractivity contribution >= 4 is 46.9 Å². The molecule has 216 valence electrons. The molecule has 2 atom stereocenters. The van der Waals surface area contributed by atoms with Crippen molar-refractivity contribution < 1.29 is 26.9 Å². The second-order valence-corrected chi connectivity index (χ2v) is 15.0. The Kier molecular flexibility index (Phi) is 10.9. The number of rotatable bonds is 14. The quantitative estimate of drug-likeness (QED) is 0.264. The summed E-state index contributed by atoms with van der Waals surface area (Å²) in [5.41, 5.74) is 1.18. The fraction of sp³-hybridized carbons (Fsp3) is 0.593. The number of hydrogen-bond acceptors (Lipinski definition) is 7. The third kappa shape index (κ3) is 8.68. The summed E-state index contributed by atoms with van der Waals surface area (Å²) in [5, 5.41) is 7.53. The molecule has 1 amide bonds. The molecule has 0 aliphatic heterocycles. The number of nitrogens with zero attached hydrogens (tertiary/aromatic N) is 2. The van der Waals surface area contributed by atoms with Crippen LogP contribution in [0.1, 0.15) is 63.0 Å². The molecule has 0 bridgehead atoms. The van der Waals surface area contributed by atoms with Crippen molar-refractivity contribution in [2.75, 3.05) is 11.6 Å². The van der Waals surface area contributed by atoms with Crippen LogP contribution in [-0.2, 0) is 34.8 Å². The number of Topliss-reactive ketones (excluding diaryl/α,β-unsaturated/α-hetero) is 1. The summed E-state index contributed by atoms with van der Waals surface area (Å²) in [6.07, 6.45) is 5.95. The van der Waals surface area contributed by atoms with Crippen LogP contribution in [0, 0.1) is 18.3 Å². The average molecular weight is 594 g/mol. The number of aryl methyl sites for hydroxylation is 2. The van der Waals surface area contributed by atoms with Gasteiger partial charge in [-0.15, -0.1) is 0 Å². The molecule has 1 fully saturated rings. The number of ketones is 1. The van der Waals surface area contributed by atoms with E-state index in [1.807, 2.05) is 10.9 Å². The SMILES string of the molecule is C[SiH2]OC(O[SiH2]C)C(C)(C)CCn1ccc(NC(=O)[C@H](C[C@H]2CCC(=O)C2)c2ccc(S(C)(=O)=O)c(C)c2)n1. The smallest absolute Gasteiger partial charge is 0.233 e. The summed E-state index contributed by atoms with van der Waals surface area (Å²) in [6, 6.07) is 6.84. The Morgan fingerprint density at radius 1 is 1.23 bits per heavy atom. The van der Waals surface area contributed by atoms with Crippen LogP contribution in [0.3, 0.4) is 0 Å². The Labute approximate surface area is 237 Å². The van der Waals surface area contributed by atoms with Gasteiger partial charge in [-0.2, -0.15) is 5.10 Å². The van der Waals surface area contributed by atoms with Gasteiger partial charge in [0.2, 0.25) is 5.91 Å². The topological polar surface area (TPSA) is 117 Å². The molecule has 0 radical (unpaired) electrons. The average Bonchev–Trinajstić information content (AvgIpc) is 3.48. The van der Waals surface area contributed by atoms with Crippen LogP contribution in [0.5, 0.6) is 0 Å². The van der Waals surface area contributed by atoms with E-state index in [1.165, 1.54) is 6.26 Å². The first-order valence-corrected chi connectivity index (χ1v) is 19.6. The Bertz CT molecular complexity index is 1260. The van der Waals surface area contributed by atoms with Crippen LogP contribution < -0.4 is 5.32 Å². The summed E-state index contributed by atoms with van der Waals surface area (Å²) in [6.45, 7) is 10.9. The molecule has 12 heteroatoms. The van der Waals surface area contributed by atoms with Crippen LogP contribution in [0.4, 0.5) is 5.82 Å². The van der Waals surface area contributed by atoms with Crippen molar-refractivity contribution in [3.63, 3.8) is 0 Å². The number of nitrogens with one attached hydrogen (secondary N) is 1. The lowest BCUT2D eigenvalue weighted by Gasteiger charge is -2.34. The molecular weight excluding hydrogens is 551 g/mol. The second-order valence-electron chi connectivity index (χ2n) is 11.2. The van der Waals surface area contributed by atoms with E-state index in [0.717, 1.165) is 18.4 Å². The van der Waals surface area contributed by atoms with Crippen molar-refractivity contribution in [2.24, 2.45) is 11.3 Å². The molecule has 1 saturated carbocycles. The number of carbonyl (C=O) groups excluding carboxylic acids is 2. The number of sulfone groups is 1. The molecule has 9 nitrogen and oxygen atoms in total. The molecule has 0 spiro atoms. The maximum Gasteiger partial charge on any atom is 0.233 e. The zero-order chi connectivity index (χ0) is 28.8. The second kappa shape index (κ2) is 13.5. The highest BCUT2D eigenvalue weighted by Gasteiger charge is 2.32. The fourth-order valence-corrected chi connectivity index (χ4v) is 8.07. The van der Waals surface area contributed by atoms with E-state index in [2.05, 4.69) is 37.4 Å². The van der Waals surface area contributed by atoms with Crippen LogP contribution in [-0.4, -0.2) is 62.0 Å². The van der Waals surface area contributed by atoms with Gasteiger partial charge in [0.05, 0.1) is 10.8 Å². The van der Waals surface area contributed by atoms with Crippen LogP contribution in [0.25, 0.3) is 0 Å². The molecule has 39 heavy (non-hydrogen) atoms. The lowest BCUT2D eigenvalue weighted by Crippen LogP contribution is -2.36. The van der Waals surface area contributed by atoms with Crippen molar-refractivity contribution in [1.82, 2.24) is 9.78 Å². The Balaban J connectivity index is 1.74. The van der Waals surface area contributed by atoms with Gasteiger partial charge < -0.3 is 14.2 Å². The molecule has 1 aliphatic carbocycles. The van der Waals surface area contributed by atoms with Gasteiger partial charge in [-0.1, -0.05) is 39.1 Å². The molecule has 1 aromatic heterocycles. The van der Waals surface area contributed by atoms with E-state index in [9.17, 15) is 18.0 Å². The maximum absolute atomic E-state index is 13.5. The van der Waals surface area contributed by atoms with Gasteiger partial charge in [0, 0.05) is 43.3 Å². The van der Waals surface area contributed by atoms with Gasteiger partial charge in [-0.05, 0) is 49.3 Å². The predicted molar refractivity (Wildman–Crippen MR) is 158 cm³/mol. The van der Waals surface area contributed by atoms with E-state index < -0.39 is 35.3 Å². The number of anilines is 1. The summed E-state index contributed by atoms with van der Waals surface area (Å²) in [5.74, 6) is 0.0707. The molecule has 1 aromatic carbocycles. The minimum atomic E-state index is -3.37. The molecule has 1 heterocycles. The first kappa shape index (κ1) is 31.4. The number of hydrogen-bond donors (Lipinski definition) is 1. The normalized spacial score (nSPS) is 18.4. The van der Waals surface area contributed by atoms with Crippen molar-refractivity contribution in [3.8, 4) is 0 Å². The third-order valence-corrected chi connectivity index (χ3v) is 9.91. The molecule has 0 saturated heterocycles. The molecule has 1 N–H and O–H groups in total. The highest BCUT2D eigenvalue weighted by atomic mass is 32.2. The van der Waals surface area contributed by atoms with Gasteiger partial charge in [-0.25, -0.2) is 8.42 Å². The summed E-state index contributed by atoms with van der Waals surface area (Å²) >= 11 is 0. The minimum absolute atomic E-state index is 0.123. The zero-order valence-electron chi connectivity index (χ0n) is 24.0.